The second kappa shape index (κ2) is 8.77. The summed E-state index contributed by atoms with van der Waals surface area (Å²) in [5.41, 5.74) is 1.07. The molecule has 0 fully saturated rings. The molecule has 2 N–H and O–H groups in total. The molecule has 108 valence electrons. The molecule has 0 atom stereocenters. The van der Waals surface area contributed by atoms with Gasteiger partial charge in [0, 0.05) is 18.2 Å². The Balaban J connectivity index is 2.40. The fourth-order valence-electron chi connectivity index (χ4n) is 1.92. The quantitative estimate of drug-likeness (QED) is 0.672. The van der Waals surface area contributed by atoms with Crippen LogP contribution >= 0.6 is 0 Å². The zero-order valence-corrected chi connectivity index (χ0v) is 12.5. The molecule has 1 aromatic carbocycles. The monoisotopic (exact) mass is 266 g/mol. The van der Waals surface area contributed by atoms with Gasteiger partial charge in [-0.25, -0.2) is 0 Å². The van der Waals surface area contributed by atoms with E-state index in [9.17, 15) is 0 Å². The SMILES string of the molecule is COc1cccc(OC)c1CNCCCNC(C)C. The first-order valence-electron chi connectivity index (χ1n) is 6.83. The lowest BCUT2D eigenvalue weighted by molar-refractivity contribution is 0.382. The average Bonchev–Trinajstić information content (AvgIpc) is 2.42. The van der Waals surface area contributed by atoms with Crippen molar-refractivity contribution in [3.05, 3.63) is 23.8 Å². The molecule has 0 saturated heterocycles. The molecule has 0 amide bonds. The van der Waals surface area contributed by atoms with E-state index < -0.39 is 0 Å². The number of hydrogen-bond acceptors (Lipinski definition) is 4. The normalized spacial score (nSPS) is 10.8. The Morgan fingerprint density at radius 2 is 1.68 bits per heavy atom. The summed E-state index contributed by atoms with van der Waals surface area (Å²) in [6.07, 6.45) is 1.11. The molecule has 0 saturated carbocycles. The first-order chi connectivity index (χ1) is 9.19. The van der Waals surface area contributed by atoms with E-state index in [2.05, 4.69) is 24.5 Å². The number of ether oxygens (including phenoxy) is 2. The highest BCUT2D eigenvalue weighted by molar-refractivity contribution is 5.44. The molecular weight excluding hydrogens is 240 g/mol. The van der Waals surface area contributed by atoms with Crippen LogP contribution in [-0.2, 0) is 6.54 Å². The Morgan fingerprint density at radius 3 is 2.21 bits per heavy atom. The van der Waals surface area contributed by atoms with Crippen LogP contribution in [0.15, 0.2) is 18.2 Å². The largest absolute Gasteiger partial charge is 0.496 e. The van der Waals surface area contributed by atoms with Gasteiger partial charge in [0.2, 0.25) is 0 Å². The number of nitrogens with one attached hydrogen (secondary N) is 2. The van der Waals surface area contributed by atoms with Crippen molar-refractivity contribution in [1.82, 2.24) is 10.6 Å². The Kier molecular flexibility index (Phi) is 7.30. The van der Waals surface area contributed by atoms with E-state index in [1.54, 1.807) is 14.2 Å². The van der Waals surface area contributed by atoms with Gasteiger partial charge in [-0.15, -0.1) is 0 Å². The van der Waals surface area contributed by atoms with Gasteiger partial charge in [-0.1, -0.05) is 19.9 Å². The van der Waals surface area contributed by atoms with E-state index in [0.717, 1.165) is 43.1 Å². The molecule has 1 aromatic rings. The third kappa shape index (κ3) is 5.49. The molecule has 1 rings (SSSR count). The van der Waals surface area contributed by atoms with Gasteiger partial charge in [0.15, 0.2) is 0 Å². The summed E-state index contributed by atoms with van der Waals surface area (Å²) in [4.78, 5) is 0. The lowest BCUT2D eigenvalue weighted by Gasteiger charge is -2.14. The predicted molar refractivity (Wildman–Crippen MR) is 79.0 cm³/mol. The van der Waals surface area contributed by atoms with Gasteiger partial charge >= 0.3 is 0 Å². The van der Waals surface area contributed by atoms with E-state index in [1.807, 2.05) is 18.2 Å². The first-order valence-corrected chi connectivity index (χ1v) is 6.83. The van der Waals surface area contributed by atoms with Crippen molar-refractivity contribution in [2.45, 2.75) is 32.9 Å². The third-order valence-corrected chi connectivity index (χ3v) is 2.91. The topological polar surface area (TPSA) is 42.5 Å². The van der Waals surface area contributed by atoms with Crippen LogP contribution in [0.2, 0.25) is 0 Å². The highest BCUT2D eigenvalue weighted by atomic mass is 16.5. The Bertz CT molecular complexity index is 345. The van der Waals surface area contributed by atoms with Crippen molar-refractivity contribution in [3.8, 4) is 11.5 Å². The lowest BCUT2D eigenvalue weighted by Crippen LogP contribution is -2.26. The maximum Gasteiger partial charge on any atom is 0.127 e. The van der Waals surface area contributed by atoms with Crippen molar-refractivity contribution in [2.75, 3.05) is 27.3 Å². The maximum absolute atomic E-state index is 5.37. The molecule has 0 aliphatic carbocycles. The molecule has 0 bridgehead atoms. The Hall–Kier alpha value is -1.26. The summed E-state index contributed by atoms with van der Waals surface area (Å²) in [5.74, 6) is 1.74. The molecule has 0 aliphatic heterocycles. The highest BCUT2D eigenvalue weighted by Gasteiger charge is 2.08. The Morgan fingerprint density at radius 1 is 1.05 bits per heavy atom. The second-order valence-corrected chi connectivity index (χ2v) is 4.78. The van der Waals surface area contributed by atoms with Gasteiger partial charge in [-0.3, -0.25) is 0 Å². The van der Waals surface area contributed by atoms with Crippen molar-refractivity contribution in [2.24, 2.45) is 0 Å². The van der Waals surface area contributed by atoms with Crippen LogP contribution in [-0.4, -0.2) is 33.4 Å². The van der Waals surface area contributed by atoms with Crippen LogP contribution in [0.4, 0.5) is 0 Å². The van der Waals surface area contributed by atoms with E-state index in [4.69, 9.17) is 9.47 Å². The van der Waals surface area contributed by atoms with Crippen LogP contribution < -0.4 is 20.1 Å². The molecule has 4 heteroatoms. The van der Waals surface area contributed by atoms with Gasteiger partial charge in [-0.2, -0.15) is 0 Å². The zero-order chi connectivity index (χ0) is 14.1. The van der Waals surface area contributed by atoms with Crippen molar-refractivity contribution in [1.29, 1.82) is 0 Å². The average molecular weight is 266 g/mol. The predicted octanol–water partition coefficient (Wildman–Crippen LogP) is 2.18. The van der Waals surface area contributed by atoms with Gasteiger partial charge in [0.05, 0.1) is 14.2 Å². The van der Waals surface area contributed by atoms with Gasteiger partial charge in [-0.05, 0) is 31.6 Å². The highest BCUT2D eigenvalue weighted by Crippen LogP contribution is 2.27. The molecule has 0 heterocycles. The smallest absolute Gasteiger partial charge is 0.127 e. The number of methoxy groups -OCH3 is 2. The molecule has 0 spiro atoms. The number of rotatable bonds is 9. The van der Waals surface area contributed by atoms with E-state index in [1.165, 1.54) is 0 Å². The molecule has 0 aromatic heterocycles. The fraction of sp³-hybridized carbons (Fsp3) is 0.600. The standard InChI is InChI=1S/C15H26N2O2/c1-12(2)17-10-6-9-16-11-13-14(18-3)7-5-8-15(13)19-4/h5,7-8,12,16-17H,6,9-11H2,1-4H3. The van der Waals surface area contributed by atoms with E-state index in [0.29, 0.717) is 6.04 Å². The van der Waals surface area contributed by atoms with Crippen molar-refractivity contribution in [3.63, 3.8) is 0 Å². The molecule has 0 unspecified atom stereocenters. The fourth-order valence-corrected chi connectivity index (χ4v) is 1.92. The summed E-state index contributed by atoms with van der Waals surface area (Å²) in [6.45, 7) is 7.09. The van der Waals surface area contributed by atoms with Gasteiger partial charge in [0.25, 0.3) is 0 Å². The zero-order valence-electron chi connectivity index (χ0n) is 12.5. The number of benzene rings is 1. The van der Waals surface area contributed by atoms with Gasteiger partial charge < -0.3 is 20.1 Å². The molecule has 19 heavy (non-hydrogen) atoms. The number of hydrogen-bond donors (Lipinski definition) is 2. The summed E-state index contributed by atoms with van der Waals surface area (Å²) < 4.78 is 10.7. The van der Waals surface area contributed by atoms with Crippen LogP contribution in [0, 0.1) is 0 Å². The lowest BCUT2D eigenvalue weighted by atomic mass is 10.1. The van der Waals surface area contributed by atoms with E-state index in [-0.39, 0.29) is 0 Å². The summed E-state index contributed by atoms with van der Waals surface area (Å²) in [7, 11) is 3.37. The third-order valence-electron chi connectivity index (χ3n) is 2.91. The molecule has 4 nitrogen and oxygen atoms in total. The van der Waals surface area contributed by atoms with Gasteiger partial charge in [0.1, 0.15) is 11.5 Å². The van der Waals surface area contributed by atoms with Crippen LogP contribution in [0.5, 0.6) is 11.5 Å². The van der Waals surface area contributed by atoms with Crippen LogP contribution in [0.25, 0.3) is 0 Å². The van der Waals surface area contributed by atoms with Crippen molar-refractivity contribution < 1.29 is 9.47 Å². The molecule has 0 aliphatic rings. The minimum absolute atomic E-state index is 0.550. The minimum Gasteiger partial charge on any atom is -0.496 e. The van der Waals surface area contributed by atoms with Crippen molar-refractivity contribution >= 4 is 0 Å². The maximum atomic E-state index is 5.37. The summed E-state index contributed by atoms with van der Waals surface area (Å²) in [6, 6.07) is 6.40. The molecule has 0 radical (unpaired) electrons. The molecular formula is C15H26N2O2. The Labute approximate surface area is 116 Å². The van der Waals surface area contributed by atoms with Crippen LogP contribution in [0.3, 0.4) is 0 Å². The first kappa shape index (κ1) is 15.8. The summed E-state index contributed by atoms with van der Waals surface area (Å²) >= 11 is 0. The second-order valence-electron chi connectivity index (χ2n) is 4.78. The van der Waals surface area contributed by atoms with Crippen LogP contribution in [0.1, 0.15) is 25.8 Å². The summed E-state index contributed by atoms with van der Waals surface area (Å²) in [5, 5.41) is 6.82. The van der Waals surface area contributed by atoms with E-state index >= 15 is 0 Å². The minimum atomic E-state index is 0.550.